The molecule has 3 heterocycles. The third-order valence-electron chi connectivity index (χ3n) is 5.12. The normalized spacial score (nSPS) is 18.2. The molecule has 0 unspecified atom stereocenters. The lowest BCUT2D eigenvalue weighted by Gasteiger charge is -2.33. The van der Waals surface area contributed by atoms with Crippen molar-refractivity contribution in [3.63, 3.8) is 0 Å². The van der Waals surface area contributed by atoms with E-state index in [0.717, 1.165) is 37.3 Å². The second kappa shape index (κ2) is 8.80. The molecule has 0 aliphatic carbocycles. The van der Waals surface area contributed by atoms with Crippen LogP contribution in [-0.2, 0) is 16.0 Å². The summed E-state index contributed by atoms with van der Waals surface area (Å²) in [6.45, 7) is 8.93. The molecule has 7 nitrogen and oxygen atoms in total. The van der Waals surface area contributed by atoms with Crippen LogP contribution in [0.5, 0.6) is 0 Å². The van der Waals surface area contributed by atoms with E-state index < -0.39 is 5.60 Å². The number of carbonyl (C=O) groups excluding carboxylic acids is 2. The third-order valence-corrected chi connectivity index (χ3v) is 5.12. The molecule has 2 saturated heterocycles. The van der Waals surface area contributed by atoms with Crippen molar-refractivity contribution in [2.75, 3.05) is 31.1 Å². The zero-order valence-corrected chi connectivity index (χ0v) is 17.2. The molecule has 3 rings (SSSR count). The SMILES string of the molecule is CC(C)(C)OC(=O)N1CCC(NC(=O)Cc2ccc(N3CCCC3)nc2)CC1. The summed E-state index contributed by atoms with van der Waals surface area (Å²) in [6.07, 6.45) is 5.80. The first kappa shape index (κ1) is 20.4. The highest BCUT2D eigenvalue weighted by Gasteiger charge is 2.27. The number of nitrogens with one attached hydrogen (secondary N) is 1. The third kappa shape index (κ3) is 5.84. The van der Waals surface area contributed by atoms with E-state index in [1.807, 2.05) is 32.9 Å². The molecule has 0 bridgehead atoms. The number of rotatable bonds is 4. The van der Waals surface area contributed by atoms with Crippen molar-refractivity contribution in [3.8, 4) is 0 Å². The van der Waals surface area contributed by atoms with Crippen LogP contribution in [0, 0.1) is 0 Å². The van der Waals surface area contributed by atoms with Gasteiger partial charge < -0.3 is 19.9 Å². The summed E-state index contributed by atoms with van der Waals surface area (Å²) in [4.78, 5) is 33.0. The van der Waals surface area contributed by atoms with Crippen molar-refractivity contribution in [2.24, 2.45) is 0 Å². The fourth-order valence-corrected chi connectivity index (χ4v) is 3.65. The number of anilines is 1. The lowest BCUT2D eigenvalue weighted by molar-refractivity contribution is -0.121. The molecule has 0 saturated carbocycles. The Kier molecular flexibility index (Phi) is 6.42. The lowest BCUT2D eigenvalue weighted by Crippen LogP contribution is -2.48. The van der Waals surface area contributed by atoms with Gasteiger partial charge in [-0.05, 0) is 58.1 Å². The van der Waals surface area contributed by atoms with Crippen LogP contribution in [-0.4, -0.2) is 59.7 Å². The monoisotopic (exact) mass is 388 g/mol. The summed E-state index contributed by atoms with van der Waals surface area (Å²) in [6, 6.07) is 4.10. The molecular formula is C21H32N4O3. The van der Waals surface area contributed by atoms with Crippen molar-refractivity contribution in [2.45, 2.75) is 64.5 Å². The molecule has 0 spiro atoms. The molecule has 28 heavy (non-hydrogen) atoms. The summed E-state index contributed by atoms with van der Waals surface area (Å²) in [5.41, 5.74) is 0.437. The van der Waals surface area contributed by atoms with Gasteiger partial charge in [-0.15, -0.1) is 0 Å². The van der Waals surface area contributed by atoms with Gasteiger partial charge in [-0.25, -0.2) is 9.78 Å². The standard InChI is InChI=1S/C21H32N4O3/c1-21(2,3)28-20(27)25-12-8-17(9-13-25)23-19(26)14-16-6-7-18(22-15-16)24-10-4-5-11-24/h6-7,15,17H,4-5,8-14H2,1-3H3,(H,23,26). The number of likely N-dealkylation sites (tertiary alicyclic amines) is 1. The summed E-state index contributed by atoms with van der Waals surface area (Å²) < 4.78 is 5.41. The van der Waals surface area contributed by atoms with E-state index in [0.29, 0.717) is 19.5 Å². The van der Waals surface area contributed by atoms with Gasteiger partial charge in [0.25, 0.3) is 0 Å². The number of nitrogens with zero attached hydrogens (tertiary/aromatic N) is 3. The molecule has 1 N–H and O–H groups in total. The van der Waals surface area contributed by atoms with Crippen LogP contribution < -0.4 is 10.2 Å². The van der Waals surface area contributed by atoms with Gasteiger partial charge in [-0.3, -0.25) is 4.79 Å². The second-order valence-corrected chi connectivity index (χ2v) is 8.70. The number of aromatic nitrogens is 1. The van der Waals surface area contributed by atoms with Gasteiger partial charge >= 0.3 is 6.09 Å². The summed E-state index contributed by atoms with van der Waals surface area (Å²) in [5, 5.41) is 3.09. The van der Waals surface area contributed by atoms with Crippen molar-refractivity contribution in [3.05, 3.63) is 23.9 Å². The number of amides is 2. The average Bonchev–Trinajstić information content (AvgIpc) is 3.16. The first-order chi connectivity index (χ1) is 13.3. The molecule has 0 aromatic carbocycles. The number of carbonyl (C=O) groups is 2. The van der Waals surface area contributed by atoms with Crippen molar-refractivity contribution in [1.29, 1.82) is 0 Å². The van der Waals surface area contributed by atoms with Crippen LogP contribution in [0.4, 0.5) is 10.6 Å². The van der Waals surface area contributed by atoms with Gasteiger partial charge in [-0.2, -0.15) is 0 Å². The zero-order valence-electron chi connectivity index (χ0n) is 17.2. The number of piperidine rings is 1. The molecule has 2 aliphatic rings. The van der Waals surface area contributed by atoms with E-state index in [1.165, 1.54) is 12.8 Å². The lowest BCUT2D eigenvalue weighted by atomic mass is 10.0. The van der Waals surface area contributed by atoms with Crippen LogP contribution >= 0.6 is 0 Å². The minimum absolute atomic E-state index is 0.00596. The van der Waals surface area contributed by atoms with Crippen molar-refractivity contribution < 1.29 is 14.3 Å². The summed E-state index contributed by atoms with van der Waals surface area (Å²) in [5.74, 6) is 1.00. The van der Waals surface area contributed by atoms with Crippen molar-refractivity contribution >= 4 is 17.8 Å². The second-order valence-electron chi connectivity index (χ2n) is 8.70. The smallest absolute Gasteiger partial charge is 0.410 e. The average molecular weight is 389 g/mol. The van der Waals surface area contributed by atoms with E-state index in [9.17, 15) is 9.59 Å². The Morgan fingerprint density at radius 2 is 1.82 bits per heavy atom. The quantitative estimate of drug-likeness (QED) is 0.858. The van der Waals surface area contributed by atoms with Gasteiger partial charge in [0.2, 0.25) is 5.91 Å². The maximum Gasteiger partial charge on any atom is 0.410 e. The molecule has 0 radical (unpaired) electrons. The molecule has 2 amide bonds. The minimum Gasteiger partial charge on any atom is -0.444 e. The van der Waals surface area contributed by atoms with Crippen molar-refractivity contribution in [1.82, 2.24) is 15.2 Å². The topological polar surface area (TPSA) is 74.8 Å². The van der Waals surface area contributed by atoms with Crippen LogP contribution in [0.1, 0.15) is 52.0 Å². The number of hydrogen-bond donors (Lipinski definition) is 1. The van der Waals surface area contributed by atoms with E-state index in [1.54, 1.807) is 11.1 Å². The Morgan fingerprint density at radius 3 is 2.39 bits per heavy atom. The molecule has 2 aliphatic heterocycles. The number of pyridine rings is 1. The molecule has 1 aromatic heterocycles. The maximum absolute atomic E-state index is 12.4. The summed E-state index contributed by atoms with van der Waals surface area (Å²) >= 11 is 0. The fourth-order valence-electron chi connectivity index (χ4n) is 3.65. The Labute approximate surface area is 167 Å². The summed E-state index contributed by atoms with van der Waals surface area (Å²) in [7, 11) is 0. The van der Waals surface area contributed by atoms with Crippen LogP contribution in [0.3, 0.4) is 0 Å². The molecular weight excluding hydrogens is 356 g/mol. The fraction of sp³-hybridized carbons (Fsp3) is 0.667. The predicted octanol–water partition coefficient (Wildman–Crippen LogP) is 2.74. The Morgan fingerprint density at radius 1 is 1.14 bits per heavy atom. The molecule has 1 aromatic rings. The highest BCUT2D eigenvalue weighted by atomic mass is 16.6. The first-order valence-electron chi connectivity index (χ1n) is 10.3. The van der Waals surface area contributed by atoms with E-state index >= 15 is 0 Å². The highest BCUT2D eigenvalue weighted by molar-refractivity contribution is 5.79. The van der Waals surface area contributed by atoms with Gasteiger partial charge in [0.05, 0.1) is 6.42 Å². The predicted molar refractivity (Wildman–Crippen MR) is 108 cm³/mol. The van der Waals surface area contributed by atoms with Gasteiger partial charge in [0.1, 0.15) is 11.4 Å². The van der Waals surface area contributed by atoms with E-state index in [-0.39, 0.29) is 18.0 Å². The van der Waals surface area contributed by atoms with Gasteiger partial charge in [-0.1, -0.05) is 6.07 Å². The Bertz CT molecular complexity index is 670. The molecule has 7 heteroatoms. The highest BCUT2D eigenvalue weighted by Crippen LogP contribution is 2.18. The maximum atomic E-state index is 12.4. The Hall–Kier alpha value is -2.31. The molecule has 0 atom stereocenters. The van der Waals surface area contributed by atoms with E-state index in [4.69, 9.17) is 4.74 Å². The largest absolute Gasteiger partial charge is 0.444 e. The zero-order chi connectivity index (χ0) is 20.1. The molecule has 2 fully saturated rings. The Balaban J connectivity index is 1.41. The minimum atomic E-state index is -0.486. The van der Waals surface area contributed by atoms with Crippen LogP contribution in [0.15, 0.2) is 18.3 Å². The first-order valence-corrected chi connectivity index (χ1v) is 10.3. The number of ether oxygens (including phenoxy) is 1. The van der Waals surface area contributed by atoms with Crippen LogP contribution in [0.25, 0.3) is 0 Å². The van der Waals surface area contributed by atoms with Crippen LogP contribution in [0.2, 0.25) is 0 Å². The number of hydrogen-bond acceptors (Lipinski definition) is 5. The van der Waals surface area contributed by atoms with Gasteiger partial charge in [0, 0.05) is 38.4 Å². The molecule has 154 valence electrons. The van der Waals surface area contributed by atoms with E-state index in [2.05, 4.69) is 15.2 Å². The van der Waals surface area contributed by atoms with Gasteiger partial charge in [0.15, 0.2) is 0 Å².